The highest BCUT2D eigenvalue weighted by Gasteiger charge is 2.05. The van der Waals surface area contributed by atoms with Crippen LogP contribution >= 0.6 is 0 Å². The van der Waals surface area contributed by atoms with Gasteiger partial charge in [-0.25, -0.2) is 4.98 Å². The van der Waals surface area contributed by atoms with Crippen LogP contribution in [0.1, 0.15) is 22.5 Å². The fourth-order valence-corrected chi connectivity index (χ4v) is 2.21. The Labute approximate surface area is 107 Å². The molecule has 18 heavy (non-hydrogen) atoms. The van der Waals surface area contributed by atoms with Crippen LogP contribution in [0.2, 0.25) is 0 Å². The summed E-state index contributed by atoms with van der Waals surface area (Å²) < 4.78 is 0. The maximum absolute atomic E-state index is 4.67. The molecule has 0 radical (unpaired) electrons. The number of rotatable bonds is 2. The minimum atomic E-state index is 0.856. The van der Waals surface area contributed by atoms with Crippen LogP contribution < -0.4 is 0 Å². The predicted octanol–water partition coefficient (Wildman–Crippen LogP) is 3.77. The lowest BCUT2D eigenvalue weighted by Gasteiger charge is -1.98. The topological polar surface area (TPSA) is 28.7 Å². The van der Waals surface area contributed by atoms with E-state index in [2.05, 4.69) is 66.3 Å². The number of H-pyrrole nitrogens is 1. The molecule has 0 unspecified atom stereocenters. The molecule has 3 aromatic rings. The summed E-state index contributed by atoms with van der Waals surface area (Å²) in [7, 11) is 0. The van der Waals surface area contributed by atoms with Crippen molar-refractivity contribution in [3.63, 3.8) is 0 Å². The first kappa shape index (κ1) is 11.0. The summed E-state index contributed by atoms with van der Waals surface area (Å²) >= 11 is 0. The van der Waals surface area contributed by atoms with Crippen LogP contribution in [0.25, 0.3) is 11.0 Å². The molecular weight excluding hydrogens is 220 g/mol. The van der Waals surface area contributed by atoms with E-state index in [0.717, 1.165) is 23.3 Å². The van der Waals surface area contributed by atoms with Crippen LogP contribution in [0.15, 0.2) is 42.5 Å². The average molecular weight is 236 g/mol. The van der Waals surface area contributed by atoms with Gasteiger partial charge >= 0.3 is 0 Å². The molecule has 1 heterocycles. The Kier molecular flexibility index (Phi) is 2.63. The highest BCUT2D eigenvalue weighted by atomic mass is 14.9. The lowest BCUT2D eigenvalue weighted by molar-refractivity contribution is 1.04. The van der Waals surface area contributed by atoms with Crippen molar-refractivity contribution in [3.8, 4) is 0 Å². The van der Waals surface area contributed by atoms with Gasteiger partial charge in [0.05, 0.1) is 11.0 Å². The Bertz CT molecular complexity index is 678. The Morgan fingerprint density at radius 3 is 2.50 bits per heavy atom. The molecule has 0 aliphatic rings. The molecule has 0 saturated heterocycles. The fourth-order valence-electron chi connectivity index (χ4n) is 2.21. The van der Waals surface area contributed by atoms with Gasteiger partial charge < -0.3 is 4.98 Å². The smallest absolute Gasteiger partial charge is 0.111 e. The molecule has 2 nitrogen and oxygen atoms in total. The van der Waals surface area contributed by atoms with E-state index in [4.69, 9.17) is 0 Å². The molecule has 3 rings (SSSR count). The second-order valence-corrected chi connectivity index (χ2v) is 4.82. The Morgan fingerprint density at radius 1 is 1.00 bits per heavy atom. The molecule has 2 aromatic carbocycles. The molecular formula is C16H16N2. The monoisotopic (exact) mass is 236 g/mol. The molecule has 0 aliphatic heterocycles. The number of para-hydroxylation sites is 1. The number of hydrogen-bond donors (Lipinski definition) is 1. The molecule has 2 heteroatoms. The molecule has 0 atom stereocenters. The molecule has 0 saturated carbocycles. The van der Waals surface area contributed by atoms with E-state index >= 15 is 0 Å². The van der Waals surface area contributed by atoms with Crippen LogP contribution in [0.5, 0.6) is 0 Å². The summed E-state index contributed by atoms with van der Waals surface area (Å²) in [6.45, 7) is 4.20. The zero-order valence-electron chi connectivity index (χ0n) is 10.7. The van der Waals surface area contributed by atoms with E-state index in [-0.39, 0.29) is 0 Å². The zero-order valence-corrected chi connectivity index (χ0v) is 10.7. The van der Waals surface area contributed by atoms with Gasteiger partial charge in [-0.15, -0.1) is 0 Å². The van der Waals surface area contributed by atoms with Gasteiger partial charge in [0.25, 0.3) is 0 Å². The van der Waals surface area contributed by atoms with Crippen molar-refractivity contribution in [1.82, 2.24) is 9.97 Å². The van der Waals surface area contributed by atoms with Crippen molar-refractivity contribution >= 4 is 11.0 Å². The largest absolute Gasteiger partial charge is 0.342 e. The van der Waals surface area contributed by atoms with Crippen molar-refractivity contribution in [3.05, 3.63) is 65.0 Å². The SMILES string of the molecule is Cc1ccc(Cc2nc3c(C)cccc3[nH]2)cc1. The number of aryl methyl sites for hydroxylation is 2. The van der Waals surface area contributed by atoms with Crippen LogP contribution in [0.4, 0.5) is 0 Å². The lowest BCUT2D eigenvalue weighted by atomic mass is 10.1. The van der Waals surface area contributed by atoms with E-state index < -0.39 is 0 Å². The summed E-state index contributed by atoms with van der Waals surface area (Å²) in [5, 5.41) is 0. The van der Waals surface area contributed by atoms with Crippen molar-refractivity contribution in [2.75, 3.05) is 0 Å². The van der Waals surface area contributed by atoms with Gasteiger partial charge in [0.2, 0.25) is 0 Å². The number of aromatic nitrogens is 2. The first-order valence-corrected chi connectivity index (χ1v) is 6.22. The predicted molar refractivity (Wildman–Crippen MR) is 74.8 cm³/mol. The highest BCUT2D eigenvalue weighted by molar-refractivity contribution is 5.78. The Morgan fingerprint density at radius 2 is 1.78 bits per heavy atom. The van der Waals surface area contributed by atoms with Gasteiger partial charge in [0.15, 0.2) is 0 Å². The van der Waals surface area contributed by atoms with Crippen LogP contribution in [-0.2, 0) is 6.42 Å². The first-order chi connectivity index (χ1) is 8.72. The molecule has 0 fully saturated rings. The van der Waals surface area contributed by atoms with Crippen molar-refractivity contribution < 1.29 is 0 Å². The molecule has 1 N–H and O–H groups in total. The van der Waals surface area contributed by atoms with E-state index in [1.165, 1.54) is 16.7 Å². The summed E-state index contributed by atoms with van der Waals surface area (Å²) in [6.07, 6.45) is 0.856. The number of nitrogens with zero attached hydrogens (tertiary/aromatic N) is 1. The number of imidazole rings is 1. The van der Waals surface area contributed by atoms with Gasteiger partial charge in [-0.1, -0.05) is 42.0 Å². The minimum Gasteiger partial charge on any atom is -0.342 e. The molecule has 0 spiro atoms. The molecule has 0 aliphatic carbocycles. The first-order valence-electron chi connectivity index (χ1n) is 6.22. The quantitative estimate of drug-likeness (QED) is 0.721. The second kappa shape index (κ2) is 4.30. The van der Waals surface area contributed by atoms with E-state index in [1.807, 2.05) is 0 Å². The molecule has 1 aromatic heterocycles. The van der Waals surface area contributed by atoms with Gasteiger partial charge in [-0.3, -0.25) is 0 Å². The van der Waals surface area contributed by atoms with E-state index in [9.17, 15) is 0 Å². The number of fused-ring (bicyclic) bond motifs is 1. The molecule has 0 amide bonds. The Hall–Kier alpha value is -2.09. The zero-order chi connectivity index (χ0) is 12.5. The number of nitrogens with one attached hydrogen (secondary N) is 1. The van der Waals surface area contributed by atoms with Crippen molar-refractivity contribution in [1.29, 1.82) is 0 Å². The summed E-state index contributed by atoms with van der Waals surface area (Å²) in [5.41, 5.74) is 6.01. The normalized spacial score (nSPS) is 11.0. The van der Waals surface area contributed by atoms with E-state index in [0.29, 0.717) is 0 Å². The minimum absolute atomic E-state index is 0.856. The number of hydrogen-bond acceptors (Lipinski definition) is 1. The average Bonchev–Trinajstić information content (AvgIpc) is 2.76. The van der Waals surface area contributed by atoms with Gasteiger partial charge in [0, 0.05) is 6.42 Å². The van der Waals surface area contributed by atoms with Crippen LogP contribution in [-0.4, -0.2) is 9.97 Å². The number of aromatic amines is 1. The fraction of sp³-hybridized carbons (Fsp3) is 0.188. The van der Waals surface area contributed by atoms with Gasteiger partial charge in [-0.2, -0.15) is 0 Å². The highest BCUT2D eigenvalue weighted by Crippen LogP contribution is 2.17. The van der Waals surface area contributed by atoms with Crippen molar-refractivity contribution in [2.24, 2.45) is 0 Å². The van der Waals surface area contributed by atoms with E-state index in [1.54, 1.807) is 0 Å². The third-order valence-corrected chi connectivity index (χ3v) is 3.26. The molecule has 90 valence electrons. The standard InChI is InChI=1S/C16H16N2/c1-11-6-8-13(9-7-11)10-15-17-14-5-3-4-12(2)16(14)18-15/h3-9H,10H2,1-2H3,(H,17,18). The number of benzene rings is 2. The third-order valence-electron chi connectivity index (χ3n) is 3.26. The van der Waals surface area contributed by atoms with Gasteiger partial charge in [0.1, 0.15) is 5.82 Å². The second-order valence-electron chi connectivity index (χ2n) is 4.82. The summed E-state index contributed by atoms with van der Waals surface area (Å²) in [4.78, 5) is 8.06. The lowest BCUT2D eigenvalue weighted by Crippen LogP contribution is -1.90. The summed E-state index contributed by atoms with van der Waals surface area (Å²) in [6, 6.07) is 14.8. The van der Waals surface area contributed by atoms with Crippen LogP contribution in [0, 0.1) is 13.8 Å². The maximum atomic E-state index is 4.67. The summed E-state index contributed by atoms with van der Waals surface area (Å²) in [5.74, 6) is 1.03. The van der Waals surface area contributed by atoms with Gasteiger partial charge in [-0.05, 0) is 31.0 Å². The van der Waals surface area contributed by atoms with Crippen molar-refractivity contribution in [2.45, 2.75) is 20.3 Å². The maximum Gasteiger partial charge on any atom is 0.111 e. The molecule has 0 bridgehead atoms. The Balaban J connectivity index is 1.95. The third kappa shape index (κ3) is 2.02. The van der Waals surface area contributed by atoms with Crippen LogP contribution in [0.3, 0.4) is 0 Å².